The van der Waals surface area contributed by atoms with Crippen molar-refractivity contribution in [2.45, 2.75) is 26.2 Å². The molecule has 3 nitrogen and oxygen atoms in total. The lowest BCUT2D eigenvalue weighted by Crippen LogP contribution is -2.08. The second kappa shape index (κ2) is 4.80. The highest BCUT2D eigenvalue weighted by Crippen LogP contribution is 2.28. The van der Waals surface area contributed by atoms with Crippen molar-refractivity contribution in [3.05, 3.63) is 28.7 Å². The standard InChI is InChI=1S/C10H15NO2/c1-8(2)10-5-3-9(4-6-10)7-13-11-12/h3,10H,1,4-7H2,2H3/t10-/m1/s1. The molecule has 1 rings (SSSR count). The summed E-state index contributed by atoms with van der Waals surface area (Å²) >= 11 is 0. The van der Waals surface area contributed by atoms with Gasteiger partial charge >= 0.3 is 0 Å². The van der Waals surface area contributed by atoms with Crippen LogP contribution in [0.1, 0.15) is 26.2 Å². The van der Waals surface area contributed by atoms with Gasteiger partial charge in [0, 0.05) is 0 Å². The smallest absolute Gasteiger partial charge is 0.155 e. The minimum absolute atomic E-state index is 0.354. The van der Waals surface area contributed by atoms with Crippen LogP contribution in [0.4, 0.5) is 0 Å². The van der Waals surface area contributed by atoms with Crippen molar-refractivity contribution in [3.8, 4) is 0 Å². The summed E-state index contributed by atoms with van der Waals surface area (Å²) in [5.74, 6) is 0.605. The highest BCUT2D eigenvalue weighted by molar-refractivity contribution is 5.12. The van der Waals surface area contributed by atoms with Crippen molar-refractivity contribution < 1.29 is 4.84 Å². The molecule has 0 amide bonds. The zero-order valence-corrected chi connectivity index (χ0v) is 7.95. The lowest BCUT2D eigenvalue weighted by Gasteiger charge is -2.21. The summed E-state index contributed by atoms with van der Waals surface area (Å²) in [4.78, 5) is 14.2. The van der Waals surface area contributed by atoms with E-state index in [9.17, 15) is 4.91 Å². The highest BCUT2D eigenvalue weighted by Gasteiger charge is 2.14. The Kier molecular flexibility index (Phi) is 3.68. The second-order valence-electron chi connectivity index (χ2n) is 3.53. The Balaban J connectivity index is 2.38. The van der Waals surface area contributed by atoms with Crippen LogP contribution < -0.4 is 0 Å². The SMILES string of the molecule is C=C(C)[C@@H]1CC=C(CON=O)CC1. The molecule has 0 bridgehead atoms. The third-order valence-corrected chi connectivity index (χ3v) is 2.50. The Hall–Kier alpha value is -1.12. The molecule has 3 heteroatoms. The number of rotatable bonds is 4. The zero-order chi connectivity index (χ0) is 9.68. The van der Waals surface area contributed by atoms with Crippen LogP contribution in [0.3, 0.4) is 0 Å². The lowest BCUT2D eigenvalue weighted by molar-refractivity contribution is 0.158. The van der Waals surface area contributed by atoms with Crippen LogP contribution in [-0.4, -0.2) is 6.61 Å². The summed E-state index contributed by atoms with van der Waals surface area (Å²) < 4.78 is 0. The van der Waals surface area contributed by atoms with Crippen molar-refractivity contribution >= 4 is 0 Å². The summed E-state index contributed by atoms with van der Waals surface area (Å²) in [6.07, 6.45) is 5.26. The number of hydrogen-bond donors (Lipinski definition) is 0. The van der Waals surface area contributed by atoms with Gasteiger partial charge in [0.1, 0.15) is 6.61 Å². The van der Waals surface area contributed by atoms with Crippen molar-refractivity contribution in [2.75, 3.05) is 6.61 Å². The number of allylic oxidation sites excluding steroid dienone is 2. The van der Waals surface area contributed by atoms with Crippen LogP contribution in [0.2, 0.25) is 0 Å². The molecule has 0 aromatic rings. The molecular weight excluding hydrogens is 166 g/mol. The van der Waals surface area contributed by atoms with Gasteiger partial charge in [-0.15, -0.1) is 4.91 Å². The van der Waals surface area contributed by atoms with Gasteiger partial charge in [0.15, 0.2) is 5.34 Å². The minimum atomic E-state index is 0.354. The van der Waals surface area contributed by atoms with E-state index >= 15 is 0 Å². The maximum absolute atomic E-state index is 9.71. The van der Waals surface area contributed by atoms with Crippen LogP contribution in [0.15, 0.2) is 29.1 Å². The van der Waals surface area contributed by atoms with Crippen LogP contribution in [0, 0.1) is 10.8 Å². The molecular formula is C10H15NO2. The Morgan fingerprint density at radius 3 is 3.08 bits per heavy atom. The van der Waals surface area contributed by atoms with Crippen molar-refractivity contribution in [3.63, 3.8) is 0 Å². The molecule has 1 atom stereocenters. The summed E-state index contributed by atoms with van der Waals surface area (Å²) in [6, 6.07) is 0. The molecule has 0 fully saturated rings. The maximum Gasteiger partial charge on any atom is 0.155 e. The van der Waals surface area contributed by atoms with Gasteiger partial charge in [0.2, 0.25) is 0 Å². The minimum Gasteiger partial charge on any atom is -0.360 e. The first-order valence-electron chi connectivity index (χ1n) is 4.52. The maximum atomic E-state index is 9.71. The molecule has 0 saturated heterocycles. The third kappa shape index (κ3) is 3.01. The van der Waals surface area contributed by atoms with Crippen LogP contribution in [0.5, 0.6) is 0 Å². The van der Waals surface area contributed by atoms with Gasteiger partial charge < -0.3 is 4.84 Å². The quantitative estimate of drug-likeness (QED) is 0.380. The van der Waals surface area contributed by atoms with E-state index in [0.717, 1.165) is 19.3 Å². The van der Waals surface area contributed by atoms with E-state index < -0.39 is 0 Å². The molecule has 0 aromatic heterocycles. The van der Waals surface area contributed by atoms with E-state index in [4.69, 9.17) is 0 Å². The molecule has 72 valence electrons. The Labute approximate surface area is 78.4 Å². The van der Waals surface area contributed by atoms with Gasteiger partial charge in [-0.1, -0.05) is 18.2 Å². The first-order chi connectivity index (χ1) is 6.24. The van der Waals surface area contributed by atoms with Crippen molar-refractivity contribution in [1.82, 2.24) is 0 Å². The van der Waals surface area contributed by atoms with Gasteiger partial charge in [-0.3, -0.25) is 0 Å². The van der Waals surface area contributed by atoms with E-state index in [1.807, 2.05) is 0 Å². The normalized spacial score (nSPS) is 21.9. The van der Waals surface area contributed by atoms with Crippen LogP contribution >= 0.6 is 0 Å². The summed E-state index contributed by atoms with van der Waals surface area (Å²) in [7, 11) is 0. The summed E-state index contributed by atoms with van der Waals surface area (Å²) in [6.45, 7) is 6.35. The molecule has 0 saturated carbocycles. The molecule has 0 aliphatic heterocycles. The van der Waals surface area contributed by atoms with Crippen molar-refractivity contribution in [1.29, 1.82) is 0 Å². The van der Waals surface area contributed by atoms with E-state index in [1.54, 1.807) is 0 Å². The second-order valence-corrected chi connectivity index (χ2v) is 3.53. The molecule has 0 radical (unpaired) electrons. The van der Waals surface area contributed by atoms with Crippen LogP contribution in [0.25, 0.3) is 0 Å². The van der Waals surface area contributed by atoms with E-state index in [-0.39, 0.29) is 0 Å². The molecule has 0 spiro atoms. The predicted octanol–water partition coefficient (Wildman–Crippen LogP) is 2.99. The van der Waals surface area contributed by atoms with Crippen LogP contribution in [-0.2, 0) is 4.84 Å². The molecule has 0 N–H and O–H groups in total. The largest absolute Gasteiger partial charge is 0.360 e. The molecule has 0 heterocycles. The first-order valence-corrected chi connectivity index (χ1v) is 4.52. The fraction of sp³-hybridized carbons (Fsp3) is 0.600. The topological polar surface area (TPSA) is 38.7 Å². The van der Waals surface area contributed by atoms with Crippen molar-refractivity contribution in [2.24, 2.45) is 11.3 Å². The number of hydrogen-bond acceptors (Lipinski definition) is 3. The third-order valence-electron chi connectivity index (χ3n) is 2.50. The van der Waals surface area contributed by atoms with E-state index in [0.29, 0.717) is 12.5 Å². The molecule has 0 unspecified atom stereocenters. The fourth-order valence-corrected chi connectivity index (χ4v) is 1.58. The zero-order valence-electron chi connectivity index (χ0n) is 7.95. The van der Waals surface area contributed by atoms with E-state index in [2.05, 4.69) is 29.8 Å². The average molecular weight is 181 g/mol. The molecule has 13 heavy (non-hydrogen) atoms. The van der Waals surface area contributed by atoms with Gasteiger partial charge in [0.05, 0.1) is 0 Å². The molecule has 0 aromatic carbocycles. The predicted molar refractivity (Wildman–Crippen MR) is 52.0 cm³/mol. The molecule has 1 aliphatic carbocycles. The highest BCUT2D eigenvalue weighted by atomic mass is 16.7. The van der Waals surface area contributed by atoms with Gasteiger partial charge in [-0.25, -0.2) is 0 Å². The monoisotopic (exact) mass is 181 g/mol. The molecule has 1 aliphatic rings. The summed E-state index contributed by atoms with van der Waals surface area (Å²) in [5, 5.41) is 2.38. The Morgan fingerprint density at radius 1 is 1.85 bits per heavy atom. The summed E-state index contributed by atoms with van der Waals surface area (Å²) in [5.41, 5.74) is 2.42. The fourth-order valence-electron chi connectivity index (χ4n) is 1.58. The first kappa shape index (κ1) is 9.96. The lowest BCUT2D eigenvalue weighted by atomic mass is 9.86. The van der Waals surface area contributed by atoms with E-state index in [1.165, 1.54) is 11.1 Å². The Morgan fingerprint density at radius 2 is 2.62 bits per heavy atom. The Bertz CT molecular complexity index is 233. The van der Waals surface area contributed by atoms with Gasteiger partial charge in [-0.05, 0) is 37.7 Å². The van der Waals surface area contributed by atoms with Gasteiger partial charge in [0.25, 0.3) is 0 Å². The number of nitrogens with zero attached hydrogens (tertiary/aromatic N) is 1. The average Bonchev–Trinajstić information content (AvgIpc) is 2.15. The van der Waals surface area contributed by atoms with Gasteiger partial charge in [-0.2, -0.15) is 0 Å².